The van der Waals surface area contributed by atoms with Crippen LogP contribution in [0.4, 0.5) is 5.69 Å². The molecule has 1 amide bonds. The van der Waals surface area contributed by atoms with E-state index in [9.17, 15) is 14.7 Å². The van der Waals surface area contributed by atoms with Gasteiger partial charge in [-0.1, -0.05) is 23.7 Å². The van der Waals surface area contributed by atoms with Gasteiger partial charge in [-0.25, -0.2) is 4.79 Å². The molecule has 3 rings (SSSR count). The number of nitrogens with one attached hydrogen (secondary N) is 2. The van der Waals surface area contributed by atoms with E-state index in [0.29, 0.717) is 22.0 Å². The molecule has 3 aromatic rings. The number of hydrogen-bond donors (Lipinski definition) is 3. The highest BCUT2D eigenvalue weighted by Crippen LogP contribution is 2.25. The van der Waals surface area contributed by atoms with E-state index in [1.165, 1.54) is 7.11 Å². The van der Waals surface area contributed by atoms with Crippen LogP contribution in [0, 0.1) is 0 Å². The lowest BCUT2D eigenvalue weighted by atomic mass is 10.1. The first-order valence-electron chi connectivity index (χ1n) is 10.3. The van der Waals surface area contributed by atoms with E-state index in [1.807, 2.05) is 26.8 Å². The molecule has 32 heavy (non-hydrogen) atoms. The van der Waals surface area contributed by atoms with E-state index in [2.05, 4.69) is 10.6 Å². The molecule has 0 bridgehead atoms. The van der Waals surface area contributed by atoms with Crippen molar-refractivity contribution in [3.63, 3.8) is 0 Å². The van der Waals surface area contributed by atoms with Crippen LogP contribution in [0.5, 0.6) is 0 Å². The topological polar surface area (TPSA) is 92.6 Å². The molecule has 3 N–H and O–H groups in total. The van der Waals surface area contributed by atoms with E-state index in [0.717, 1.165) is 10.9 Å². The number of benzene rings is 2. The molecule has 0 aliphatic rings. The molecular weight excluding hydrogens is 430 g/mol. The molecule has 8 heteroatoms. The van der Waals surface area contributed by atoms with Gasteiger partial charge in [0, 0.05) is 33.7 Å². The van der Waals surface area contributed by atoms with E-state index in [1.54, 1.807) is 47.0 Å². The number of aromatic nitrogens is 1. The summed E-state index contributed by atoms with van der Waals surface area (Å²) in [5.41, 5.74) is 1.77. The molecule has 1 atom stereocenters. The third-order valence-corrected chi connectivity index (χ3v) is 5.07. The summed E-state index contributed by atoms with van der Waals surface area (Å²) in [7, 11) is 1.32. The number of rotatable bonds is 7. The summed E-state index contributed by atoms with van der Waals surface area (Å²) in [6.07, 6.45) is -0.840. The van der Waals surface area contributed by atoms with Gasteiger partial charge in [0.05, 0.1) is 25.3 Å². The van der Waals surface area contributed by atoms with Crippen molar-refractivity contribution in [3.8, 4) is 0 Å². The number of esters is 1. The van der Waals surface area contributed by atoms with Crippen LogP contribution in [0.3, 0.4) is 0 Å². The summed E-state index contributed by atoms with van der Waals surface area (Å²) >= 11 is 6.13. The van der Waals surface area contributed by atoms with Crippen molar-refractivity contribution >= 4 is 40.1 Å². The summed E-state index contributed by atoms with van der Waals surface area (Å²) in [4.78, 5) is 24.9. The van der Waals surface area contributed by atoms with Crippen LogP contribution < -0.4 is 10.6 Å². The number of methoxy groups -OCH3 is 1. The van der Waals surface area contributed by atoms with Gasteiger partial charge in [0.2, 0.25) is 0 Å². The standard InChI is InChI=1S/C24H28ClN3O4/c1-24(2,3)27-22(30)21-12-15-11-16(25)9-10-20(15)28(21)14-17(29)13-26-19-8-6-5-7-18(19)23(31)32-4/h5-12,17,26,29H,13-14H2,1-4H3,(H,27,30). The number of anilines is 1. The third kappa shape index (κ3) is 5.60. The maximum Gasteiger partial charge on any atom is 0.339 e. The van der Waals surface area contributed by atoms with Gasteiger partial charge in [0.25, 0.3) is 5.91 Å². The van der Waals surface area contributed by atoms with Crippen molar-refractivity contribution < 1.29 is 19.4 Å². The third-order valence-electron chi connectivity index (χ3n) is 4.84. The number of amides is 1. The van der Waals surface area contributed by atoms with E-state index in [-0.39, 0.29) is 19.0 Å². The Bertz CT molecular complexity index is 1130. The molecule has 0 saturated heterocycles. The first-order valence-corrected chi connectivity index (χ1v) is 10.7. The van der Waals surface area contributed by atoms with Crippen molar-refractivity contribution in [1.82, 2.24) is 9.88 Å². The smallest absolute Gasteiger partial charge is 0.339 e. The maximum absolute atomic E-state index is 12.9. The van der Waals surface area contributed by atoms with Gasteiger partial charge in [-0.05, 0) is 57.2 Å². The van der Waals surface area contributed by atoms with Crippen molar-refractivity contribution in [2.45, 2.75) is 39.0 Å². The highest BCUT2D eigenvalue weighted by atomic mass is 35.5. The first kappa shape index (κ1) is 23.6. The molecular formula is C24H28ClN3O4. The Morgan fingerprint density at radius 2 is 1.88 bits per heavy atom. The van der Waals surface area contributed by atoms with Crippen LogP contribution in [0.1, 0.15) is 41.6 Å². The second-order valence-corrected chi connectivity index (χ2v) is 9.06. The molecule has 0 saturated carbocycles. The predicted molar refractivity (Wildman–Crippen MR) is 126 cm³/mol. The number of carbonyl (C=O) groups is 2. The summed E-state index contributed by atoms with van der Waals surface area (Å²) in [5.74, 6) is -0.696. The fraction of sp³-hybridized carbons (Fsp3) is 0.333. The Morgan fingerprint density at radius 1 is 1.16 bits per heavy atom. The Kier molecular flexibility index (Phi) is 7.11. The zero-order chi connectivity index (χ0) is 23.5. The van der Waals surface area contributed by atoms with Crippen molar-refractivity contribution in [1.29, 1.82) is 0 Å². The average Bonchev–Trinajstić information content (AvgIpc) is 3.08. The molecule has 0 aliphatic heterocycles. The van der Waals surface area contributed by atoms with Gasteiger partial charge >= 0.3 is 5.97 Å². The fourth-order valence-corrected chi connectivity index (χ4v) is 3.64. The molecule has 0 fully saturated rings. The van der Waals surface area contributed by atoms with E-state index in [4.69, 9.17) is 16.3 Å². The minimum Gasteiger partial charge on any atom is -0.465 e. The predicted octanol–water partition coefficient (Wildman–Crippen LogP) is 4.08. The normalized spacial score (nSPS) is 12.4. The van der Waals surface area contributed by atoms with Crippen LogP contribution in [-0.2, 0) is 11.3 Å². The summed E-state index contributed by atoms with van der Waals surface area (Å²) < 4.78 is 6.59. The monoisotopic (exact) mass is 457 g/mol. The summed E-state index contributed by atoms with van der Waals surface area (Å²) in [6.45, 7) is 6.07. The molecule has 2 aromatic carbocycles. The second-order valence-electron chi connectivity index (χ2n) is 8.62. The number of para-hydroxylation sites is 1. The van der Waals surface area contributed by atoms with Gasteiger partial charge in [-0.2, -0.15) is 0 Å². The number of fused-ring (bicyclic) bond motifs is 1. The van der Waals surface area contributed by atoms with Gasteiger partial charge in [-0.3, -0.25) is 4.79 Å². The Hall–Kier alpha value is -3.03. The van der Waals surface area contributed by atoms with Gasteiger partial charge < -0.3 is 25.0 Å². The van der Waals surface area contributed by atoms with Crippen LogP contribution in [0.15, 0.2) is 48.5 Å². The lowest BCUT2D eigenvalue weighted by molar-refractivity contribution is 0.0601. The Balaban J connectivity index is 1.84. The molecule has 1 heterocycles. The summed E-state index contributed by atoms with van der Waals surface area (Å²) in [5, 5.41) is 18.2. The minimum atomic E-state index is -0.840. The van der Waals surface area contributed by atoms with Gasteiger partial charge in [0.1, 0.15) is 5.69 Å². The Morgan fingerprint density at radius 3 is 2.56 bits per heavy atom. The largest absolute Gasteiger partial charge is 0.465 e. The van der Waals surface area contributed by atoms with Crippen LogP contribution in [-0.4, -0.2) is 46.8 Å². The average molecular weight is 458 g/mol. The van der Waals surface area contributed by atoms with Gasteiger partial charge in [0.15, 0.2) is 0 Å². The number of ether oxygens (including phenoxy) is 1. The number of carbonyl (C=O) groups excluding carboxylic acids is 2. The number of nitrogens with zero attached hydrogens (tertiary/aromatic N) is 1. The van der Waals surface area contributed by atoms with Gasteiger partial charge in [-0.15, -0.1) is 0 Å². The van der Waals surface area contributed by atoms with E-state index < -0.39 is 17.6 Å². The number of aliphatic hydroxyl groups excluding tert-OH is 1. The lowest BCUT2D eigenvalue weighted by Gasteiger charge is -2.22. The zero-order valence-electron chi connectivity index (χ0n) is 18.6. The maximum atomic E-state index is 12.9. The van der Waals surface area contributed by atoms with Crippen molar-refractivity contribution in [2.24, 2.45) is 0 Å². The second kappa shape index (κ2) is 9.63. The molecule has 0 radical (unpaired) electrons. The highest BCUT2D eigenvalue weighted by Gasteiger charge is 2.22. The van der Waals surface area contributed by atoms with Crippen LogP contribution >= 0.6 is 11.6 Å². The van der Waals surface area contributed by atoms with Crippen LogP contribution in [0.25, 0.3) is 10.9 Å². The number of hydrogen-bond acceptors (Lipinski definition) is 5. The van der Waals surface area contributed by atoms with Crippen molar-refractivity contribution in [2.75, 3.05) is 19.0 Å². The zero-order valence-corrected chi connectivity index (χ0v) is 19.4. The Labute approximate surface area is 192 Å². The number of halogens is 1. The fourth-order valence-electron chi connectivity index (χ4n) is 3.46. The SMILES string of the molecule is COC(=O)c1ccccc1NCC(O)Cn1c(C(=O)NC(C)(C)C)cc2cc(Cl)ccc21. The number of aliphatic hydroxyl groups is 1. The quantitative estimate of drug-likeness (QED) is 0.465. The molecule has 0 aliphatic carbocycles. The highest BCUT2D eigenvalue weighted by molar-refractivity contribution is 6.31. The first-order chi connectivity index (χ1) is 15.1. The van der Waals surface area contributed by atoms with E-state index >= 15 is 0 Å². The van der Waals surface area contributed by atoms with Crippen molar-refractivity contribution in [3.05, 3.63) is 64.8 Å². The van der Waals surface area contributed by atoms with Crippen LogP contribution in [0.2, 0.25) is 5.02 Å². The molecule has 0 spiro atoms. The molecule has 170 valence electrons. The lowest BCUT2D eigenvalue weighted by Crippen LogP contribution is -2.41. The minimum absolute atomic E-state index is 0.168. The summed E-state index contributed by atoms with van der Waals surface area (Å²) in [6, 6.07) is 14.1. The molecule has 7 nitrogen and oxygen atoms in total. The molecule has 1 unspecified atom stereocenters. The molecule has 1 aromatic heterocycles.